The lowest BCUT2D eigenvalue weighted by molar-refractivity contribution is -0.113. The third-order valence-corrected chi connectivity index (χ3v) is 7.05. The summed E-state index contributed by atoms with van der Waals surface area (Å²) in [6.07, 6.45) is 2.45. The van der Waals surface area contributed by atoms with Gasteiger partial charge in [-0.1, -0.05) is 65.8 Å². The first-order valence-corrected chi connectivity index (χ1v) is 13.1. The highest BCUT2D eigenvalue weighted by Crippen LogP contribution is 2.26. The van der Waals surface area contributed by atoms with Crippen molar-refractivity contribution in [2.75, 3.05) is 11.1 Å². The molecule has 3 rings (SSSR count). The molecule has 1 heterocycles. The van der Waals surface area contributed by atoms with Gasteiger partial charge in [-0.15, -0.1) is 16.8 Å². The molecule has 0 spiro atoms. The Morgan fingerprint density at radius 3 is 2.57 bits per heavy atom. The molecule has 7 nitrogen and oxygen atoms in total. The minimum absolute atomic E-state index is 0.137. The van der Waals surface area contributed by atoms with E-state index in [1.165, 1.54) is 11.8 Å². The number of hydrogen-bond donors (Lipinski definition) is 2. The van der Waals surface area contributed by atoms with E-state index in [4.69, 9.17) is 0 Å². The van der Waals surface area contributed by atoms with Crippen LogP contribution in [0.3, 0.4) is 0 Å². The highest BCUT2D eigenvalue weighted by molar-refractivity contribution is 9.10. The summed E-state index contributed by atoms with van der Waals surface area (Å²) in [7, 11) is 0. The van der Waals surface area contributed by atoms with Crippen LogP contribution in [0.25, 0.3) is 0 Å². The molecule has 0 radical (unpaired) electrons. The number of rotatable bonds is 11. The van der Waals surface area contributed by atoms with Gasteiger partial charge in [-0.25, -0.2) is 0 Å². The molecular weight excluding hydrogens is 526 g/mol. The van der Waals surface area contributed by atoms with Gasteiger partial charge in [0.1, 0.15) is 0 Å². The maximum absolute atomic E-state index is 12.9. The Kier molecular flexibility index (Phi) is 9.68. The molecule has 0 aliphatic heterocycles. The van der Waals surface area contributed by atoms with Gasteiger partial charge in [0, 0.05) is 22.3 Å². The molecule has 3 aromatic rings. The van der Waals surface area contributed by atoms with Crippen LogP contribution in [0.2, 0.25) is 0 Å². The van der Waals surface area contributed by atoms with E-state index in [-0.39, 0.29) is 23.6 Å². The minimum Gasteiger partial charge on any atom is -0.342 e. The molecule has 0 saturated carbocycles. The number of amides is 2. The molecule has 0 bridgehead atoms. The number of benzene rings is 2. The van der Waals surface area contributed by atoms with Gasteiger partial charge < -0.3 is 15.2 Å². The van der Waals surface area contributed by atoms with Crippen LogP contribution in [-0.2, 0) is 11.3 Å². The van der Waals surface area contributed by atoms with Crippen molar-refractivity contribution < 1.29 is 9.59 Å². The monoisotopic (exact) mass is 555 g/mol. The molecule has 2 amide bonds. The second kappa shape index (κ2) is 12.7. The fourth-order valence-corrected chi connectivity index (χ4v) is 4.55. The molecule has 0 aliphatic rings. The van der Waals surface area contributed by atoms with Crippen molar-refractivity contribution in [1.29, 1.82) is 0 Å². The van der Waals surface area contributed by atoms with Gasteiger partial charge in [0.05, 0.1) is 11.8 Å². The van der Waals surface area contributed by atoms with Gasteiger partial charge in [-0.05, 0) is 55.2 Å². The summed E-state index contributed by atoms with van der Waals surface area (Å²) in [5.74, 6) is 0.844. The number of hydrogen-bond acceptors (Lipinski definition) is 5. The van der Waals surface area contributed by atoms with E-state index < -0.39 is 0 Å². The molecule has 1 unspecified atom stereocenters. The van der Waals surface area contributed by atoms with Gasteiger partial charge in [0.25, 0.3) is 5.91 Å². The molecule has 184 valence electrons. The quantitative estimate of drug-likeness (QED) is 0.231. The van der Waals surface area contributed by atoms with Crippen LogP contribution in [0, 0.1) is 12.8 Å². The maximum Gasteiger partial charge on any atom is 0.251 e. The number of nitrogens with one attached hydrogen (secondary N) is 2. The fourth-order valence-electron chi connectivity index (χ4n) is 3.55. The molecule has 2 aromatic carbocycles. The molecule has 0 fully saturated rings. The molecule has 35 heavy (non-hydrogen) atoms. The number of aryl methyl sites for hydroxylation is 1. The van der Waals surface area contributed by atoms with Crippen molar-refractivity contribution in [3.8, 4) is 0 Å². The van der Waals surface area contributed by atoms with E-state index in [0.717, 1.165) is 15.7 Å². The summed E-state index contributed by atoms with van der Waals surface area (Å²) < 4.78 is 2.90. The molecule has 2 N–H and O–H groups in total. The third-order valence-electron chi connectivity index (χ3n) is 5.19. The van der Waals surface area contributed by atoms with Crippen LogP contribution in [0.1, 0.15) is 48.1 Å². The molecular formula is C26H30BrN5O2S. The van der Waals surface area contributed by atoms with E-state index >= 15 is 0 Å². The highest BCUT2D eigenvalue weighted by Gasteiger charge is 2.24. The van der Waals surface area contributed by atoms with Gasteiger partial charge in [-0.3, -0.25) is 9.59 Å². The van der Waals surface area contributed by atoms with E-state index in [1.807, 2.05) is 47.9 Å². The lowest BCUT2D eigenvalue weighted by Crippen LogP contribution is -2.31. The van der Waals surface area contributed by atoms with Crippen molar-refractivity contribution in [1.82, 2.24) is 20.1 Å². The average molecular weight is 557 g/mol. The van der Waals surface area contributed by atoms with Crippen molar-refractivity contribution in [2.45, 2.75) is 44.9 Å². The van der Waals surface area contributed by atoms with Gasteiger partial charge >= 0.3 is 0 Å². The summed E-state index contributed by atoms with van der Waals surface area (Å²) in [6, 6.07) is 14.4. The van der Waals surface area contributed by atoms with Crippen molar-refractivity contribution in [2.24, 2.45) is 5.92 Å². The predicted molar refractivity (Wildman–Crippen MR) is 145 cm³/mol. The SMILES string of the molecule is C=CCn1c(SCC(=O)Nc2ccc(Br)c(C)c2)nnc1C(CC(C)C)NC(=O)c1ccccc1. The first kappa shape index (κ1) is 26.7. The summed E-state index contributed by atoms with van der Waals surface area (Å²) in [5.41, 5.74) is 2.37. The number of anilines is 1. The Hall–Kier alpha value is -2.91. The van der Waals surface area contributed by atoms with E-state index in [1.54, 1.807) is 18.2 Å². The Labute approximate surface area is 218 Å². The second-order valence-electron chi connectivity index (χ2n) is 8.56. The number of aromatic nitrogens is 3. The van der Waals surface area contributed by atoms with Gasteiger partial charge in [0.2, 0.25) is 5.91 Å². The number of thioether (sulfide) groups is 1. The maximum atomic E-state index is 12.9. The Morgan fingerprint density at radius 1 is 1.17 bits per heavy atom. The third kappa shape index (κ3) is 7.53. The van der Waals surface area contributed by atoms with Crippen LogP contribution >= 0.6 is 27.7 Å². The fraction of sp³-hybridized carbons (Fsp3) is 0.308. The molecule has 9 heteroatoms. The minimum atomic E-state index is -0.330. The lowest BCUT2D eigenvalue weighted by atomic mass is 10.0. The predicted octanol–water partition coefficient (Wildman–Crippen LogP) is 5.78. The molecule has 0 aliphatic carbocycles. The highest BCUT2D eigenvalue weighted by atomic mass is 79.9. The summed E-state index contributed by atoms with van der Waals surface area (Å²) in [4.78, 5) is 25.4. The zero-order valence-corrected chi connectivity index (χ0v) is 22.5. The topological polar surface area (TPSA) is 88.9 Å². The second-order valence-corrected chi connectivity index (χ2v) is 10.4. The van der Waals surface area contributed by atoms with Crippen LogP contribution in [0.5, 0.6) is 0 Å². The normalized spacial score (nSPS) is 11.8. The van der Waals surface area contributed by atoms with E-state index in [9.17, 15) is 9.59 Å². The van der Waals surface area contributed by atoms with Crippen LogP contribution < -0.4 is 10.6 Å². The number of carbonyl (C=O) groups excluding carboxylic acids is 2. The zero-order valence-electron chi connectivity index (χ0n) is 20.1. The van der Waals surface area contributed by atoms with Crippen LogP contribution in [0.15, 0.2) is 70.8 Å². The zero-order chi connectivity index (χ0) is 25.4. The number of allylic oxidation sites excluding steroid dienone is 1. The van der Waals surface area contributed by atoms with Crippen molar-refractivity contribution in [3.05, 3.63) is 82.6 Å². The Morgan fingerprint density at radius 2 is 1.91 bits per heavy atom. The number of carbonyl (C=O) groups is 2. The smallest absolute Gasteiger partial charge is 0.251 e. The van der Waals surface area contributed by atoms with Crippen molar-refractivity contribution >= 4 is 45.2 Å². The lowest BCUT2D eigenvalue weighted by Gasteiger charge is -2.21. The summed E-state index contributed by atoms with van der Waals surface area (Å²) >= 11 is 4.77. The van der Waals surface area contributed by atoms with Crippen LogP contribution in [-0.4, -0.2) is 32.3 Å². The largest absolute Gasteiger partial charge is 0.342 e. The Balaban J connectivity index is 1.75. The Bertz CT molecular complexity index is 1180. The van der Waals surface area contributed by atoms with Gasteiger partial charge in [-0.2, -0.15) is 0 Å². The first-order chi connectivity index (χ1) is 16.8. The van der Waals surface area contributed by atoms with E-state index in [0.29, 0.717) is 35.4 Å². The van der Waals surface area contributed by atoms with Crippen molar-refractivity contribution in [3.63, 3.8) is 0 Å². The standard InChI is InChI=1S/C26H30BrN5O2S/c1-5-13-32-24(22(14-17(2)3)29-25(34)19-9-7-6-8-10-19)30-31-26(32)35-16-23(33)28-20-11-12-21(27)18(4)15-20/h5-12,15,17,22H,1,13-14,16H2,2-4H3,(H,28,33)(H,29,34). The van der Waals surface area contributed by atoms with E-state index in [2.05, 4.69) is 57.2 Å². The van der Waals surface area contributed by atoms with Gasteiger partial charge in [0.15, 0.2) is 11.0 Å². The molecule has 1 atom stereocenters. The molecule has 0 saturated heterocycles. The summed E-state index contributed by atoms with van der Waals surface area (Å²) in [6.45, 7) is 10.5. The van der Waals surface area contributed by atoms with Crippen LogP contribution in [0.4, 0.5) is 5.69 Å². The molecule has 1 aromatic heterocycles. The first-order valence-electron chi connectivity index (χ1n) is 11.4. The number of nitrogens with zero attached hydrogens (tertiary/aromatic N) is 3. The number of halogens is 1. The average Bonchev–Trinajstić information content (AvgIpc) is 3.22. The summed E-state index contributed by atoms with van der Waals surface area (Å²) in [5, 5.41) is 15.4.